The van der Waals surface area contributed by atoms with E-state index in [4.69, 9.17) is 4.74 Å². The van der Waals surface area contributed by atoms with E-state index in [0.717, 1.165) is 44.8 Å². The summed E-state index contributed by atoms with van der Waals surface area (Å²) in [5.41, 5.74) is 1.70. The first-order valence-corrected chi connectivity index (χ1v) is 12.1. The number of benzene rings is 2. The van der Waals surface area contributed by atoms with Crippen LogP contribution in [0.4, 0.5) is 5.69 Å². The summed E-state index contributed by atoms with van der Waals surface area (Å²) in [5.74, 6) is -0.286. The number of nitrogens with zero attached hydrogens (tertiary/aromatic N) is 1. The smallest absolute Gasteiger partial charge is 0.261 e. The fraction of sp³-hybridized carbons (Fsp3) is 0.381. The highest BCUT2D eigenvalue weighted by Gasteiger charge is 2.18. The van der Waals surface area contributed by atoms with Crippen LogP contribution in [0, 0.1) is 6.92 Å². The zero-order valence-corrected chi connectivity index (χ0v) is 19.3. The third-order valence-electron chi connectivity index (χ3n) is 4.81. The summed E-state index contributed by atoms with van der Waals surface area (Å²) in [6.45, 7) is 6.64. The molecule has 0 spiro atoms. The van der Waals surface area contributed by atoms with Crippen molar-refractivity contribution in [3.8, 4) is 0 Å². The van der Waals surface area contributed by atoms with Crippen LogP contribution in [0.5, 0.6) is 0 Å². The van der Waals surface area contributed by atoms with Crippen LogP contribution >= 0.6 is 15.9 Å². The van der Waals surface area contributed by atoms with Crippen LogP contribution in [0.15, 0.2) is 51.8 Å². The van der Waals surface area contributed by atoms with E-state index >= 15 is 0 Å². The molecule has 162 valence electrons. The number of sulfonamides is 1. The van der Waals surface area contributed by atoms with Gasteiger partial charge >= 0.3 is 0 Å². The average Bonchev–Trinajstić information content (AvgIpc) is 2.74. The zero-order chi connectivity index (χ0) is 21.6. The lowest BCUT2D eigenvalue weighted by Gasteiger charge is -2.26. The van der Waals surface area contributed by atoms with Gasteiger partial charge in [0.15, 0.2) is 0 Å². The molecule has 7 nitrogen and oxygen atoms in total. The van der Waals surface area contributed by atoms with Crippen molar-refractivity contribution in [1.82, 2.24) is 10.2 Å². The number of anilines is 1. The Morgan fingerprint density at radius 1 is 1.17 bits per heavy atom. The van der Waals surface area contributed by atoms with Crippen LogP contribution < -0.4 is 10.0 Å². The second kappa shape index (κ2) is 10.4. The number of halogens is 1. The van der Waals surface area contributed by atoms with E-state index in [-0.39, 0.29) is 10.8 Å². The summed E-state index contributed by atoms with van der Waals surface area (Å²) in [6, 6.07) is 11.5. The van der Waals surface area contributed by atoms with Crippen LogP contribution in [-0.4, -0.2) is 58.6 Å². The monoisotopic (exact) mass is 495 g/mol. The summed E-state index contributed by atoms with van der Waals surface area (Å²) in [7, 11) is -3.83. The van der Waals surface area contributed by atoms with E-state index in [1.54, 1.807) is 24.3 Å². The minimum Gasteiger partial charge on any atom is -0.379 e. The maximum atomic E-state index is 12.8. The Hall–Kier alpha value is -1.94. The number of hydrogen-bond acceptors (Lipinski definition) is 5. The molecule has 2 N–H and O–H groups in total. The third-order valence-corrected chi connectivity index (χ3v) is 6.87. The first-order valence-electron chi connectivity index (χ1n) is 9.82. The second-order valence-corrected chi connectivity index (χ2v) is 9.72. The number of rotatable bonds is 8. The molecular weight excluding hydrogens is 470 g/mol. The molecule has 1 saturated heterocycles. The van der Waals surface area contributed by atoms with Crippen molar-refractivity contribution in [2.24, 2.45) is 0 Å². The molecule has 0 aromatic heterocycles. The molecule has 0 saturated carbocycles. The molecule has 1 fully saturated rings. The lowest BCUT2D eigenvalue weighted by molar-refractivity contribution is 0.0374. The van der Waals surface area contributed by atoms with Crippen LogP contribution in [-0.2, 0) is 14.8 Å². The molecule has 2 aromatic carbocycles. The third kappa shape index (κ3) is 6.28. The van der Waals surface area contributed by atoms with Gasteiger partial charge in [0.1, 0.15) is 0 Å². The topological polar surface area (TPSA) is 87.7 Å². The first-order chi connectivity index (χ1) is 14.3. The quantitative estimate of drug-likeness (QED) is 0.549. The molecule has 0 bridgehead atoms. The molecule has 2 aromatic rings. The van der Waals surface area contributed by atoms with Gasteiger partial charge < -0.3 is 10.1 Å². The van der Waals surface area contributed by atoms with Crippen molar-refractivity contribution in [2.75, 3.05) is 44.1 Å². The standard InChI is InChI=1S/C21H26BrN3O4S/c1-16-6-7-19(22)20(14-16)24-30(27,28)18-5-2-4-17(15-18)21(26)23-8-3-9-25-10-12-29-13-11-25/h2,4-7,14-15,24H,3,8-13H2,1H3,(H,23,26). The van der Waals surface area contributed by atoms with Gasteiger partial charge in [-0.25, -0.2) is 8.42 Å². The van der Waals surface area contributed by atoms with Gasteiger partial charge in [-0.1, -0.05) is 12.1 Å². The fourth-order valence-electron chi connectivity index (χ4n) is 3.16. The molecule has 30 heavy (non-hydrogen) atoms. The molecule has 0 aliphatic carbocycles. The number of hydrogen-bond donors (Lipinski definition) is 2. The summed E-state index contributed by atoms with van der Waals surface area (Å²) >= 11 is 3.36. The van der Waals surface area contributed by atoms with Gasteiger partial charge in [-0.3, -0.25) is 14.4 Å². The van der Waals surface area contributed by atoms with E-state index < -0.39 is 10.0 Å². The average molecular weight is 496 g/mol. The minimum atomic E-state index is -3.83. The Bertz CT molecular complexity index is 991. The van der Waals surface area contributed by atoms with Crippen molar-refractivity contribution in [3.05, 3.63) is 58.1 Å². The summed E-state index contributed by atoms with van der Waals surface area (Å²) in [6.07, 6.45) is 0.826. The Labute approximate surface area is 186 Å². The molecule has 0 radical (unpaired) electrons. The number of carbonyl (C=O) groups is 1. The lowest BCUT2D eigenvalue weighted by Crippen LogP contribution is -2.38. The van der Waals surface area contributed by atoms with Crippen molar-refractivity contribution < 1.29 is 17.9 Å². The van der Waals surface area contributed by atoms with Crippen LogP contribution in [0.25, 0.3) is 0 Å². The van der Waals surface area contributed by atoms with E-state index in [1.165, 1.54) is 12.1 Å². The molecule has 1 aliphatic heterocycles. The largest absolute Gasteiger partial charge is 0.379 e. The highest BCUT2D eigenvalue weighted by atomic mass is 79.9. The number of morpholine rings is 1. The molecule has 9 heteroatoms. The predicted octanol–water partition coefficient (Wildman–Crippen LogP) is 3.01. The summed E-state index contributed by atoms with van der Waals surface area (Å²) in [5, 5.41) is 2.86. The van der Waals surface area contributed by atoms with E-state index in [2.05, 4.69) is 30.9 Å². The van der Waals surface area contributed by atoms with Gasteiger partial charge in [-0.05, 0) is 71.7 Å². The van der Waals surface area contributed by atoms with Crippen LogP contribution in [0.2, 0.25) is 0 Å². The predicted molar refractivity (Wildman–Crippen MR) is 120 cm³/mol. The van der Waals surface area contributed by atoms with Gasteiger partial charge in [0.2, 0.25) is 0 Å². The highest BCUT2D eigenvalue weighted by molar-refractivity contribution is 9.10. The molecule has 0 atom stereocenters. The van der Waals surface area contributed by atoms with Crippen molar-refractivity contribution >= 4 is 37.5 Å². The van der Waals surface area contributed by atoms with Crippen molar-refractivity contribution in [3.63, 3.8) is 0 Å². The number of ether oxygens (including phenoxy) is 1. The Kier molecular flexibility index (Phi) is 7.87. The van der Waals surface area contributed by atoms with Gasteiger partial charge in [0, 0.05) is 29.7 Å². The Morgan fingerprint density at radius 2 is 1.93 bits per heavy atom. The van der Waals surface area contributed by atoms with Crippen molar-refractivity contribution in [2.45, 2.75) is 18.2 Å². The lowest BCUT2D eigenvalue weighted by atomic mass is 10.2. The SMILES string of the molecule is Cc1ccc(Br)c(NS(=O)(=O)c2cccc(C(=O)NCCCN3CCOCC3)c2)c1. The Balaban J connectivity index is 1.60. The molecule has 1 amide bonds. The number of carbonyl (C=O) groups excluding carboxylic acids is 1. The summed E-state index contributed by atoms with van der Waals surface area (Å²) < 4.78 is 34.1. The van der Waals surface area contributed by atoms with Crippen LogP contribution in [0.1, 0.15) is 22.3 Å². The van der Waals surface area contributed by atoms with Gasteiger partial charge in [-0.15, -0.1) is 0 Å². The molecule has 3 rings (SSSR count). The molecule has 0 unspecified atom stereocenters. The van der Waals surface area contributed by atoms with Gasteiger partial charge in [-0.2, -0.15) is 0 Å². The zero-order valence-electron chi connectivity index (χ0n) is 16.9. The number of amides is 1. The minimum absolute atomic E-state index is 0.0388. The van der Waals surface area contributed by atoms with E-state index in [1.807, 2.05) is 13.0 Å². The molecular formula is C21H26BrN3O4S. The Morgan fingerprint density at radius 3 is 2.70 bits per heavy atom. The van der Waals surface area contributed by atoms with Crippen LogP contribution in [0.3, 0.4) is 0 Å². The molecule has 1 heterocycles. The maximum absolute atomic E-state index is 12.8. The maximum Gasteiger partial charge on any atom is 0.261 e. The normalized spacial score (nSPS) is 15.0. The second-order valence-electron chi connectivity index (χ2n) is 7.18. The van der Waals surface area contributed by atoms with E-state index in [9.17, 15) is 13.2 Å². The fourth-order valence-corrected chi connectivity index (χ4v) is 4.75. The first kappa shape index (κ1) is 22.7. The van der Waals surface area contributed by atoms with E-state index in [0.29, 0.717) is 22.3 Å². The summed E-state index contributed by atoms with van der Waals surface area (Å²) in [4.78, 5) is 14.8. The van der Waals surface area contributed by atoms with Crippen molar-refractivity contribution in [1.29, 1.82) is 0 Å². The number of aryl methyl sites for hydroxylation is 1. The van der Waals surface area contributed by atoms with Gasteiger partial charge in [0.25, 0.3) is 15.9 Å². The van der Waals surface area contributed by atoms with Gasteiger partial charge in [0.05, 0.1) is 23.8 Å². The molecule has 1 aliphatic rings. The highest BCUT2D eigenvalue weighted by Crippen LogP contribution is 2.26. The number of nitrogens with one attached hydrogen (secondary N) is 2.